The van der Waals surface area contributed by atoms with Gasteiger partial charge in [-0.15, -0.1) is 0 Å². The van der Waals surface area contributed by atoms with Crippen LogP contribution >= 0.6 is 11.6 Å². The lowest BCUT2D eigenvalue weighted by molar-refractivity contribution is 0.289. The monoisotopic (exact) mass is 303 g/mol. The molecule has 0 aliphatic heterocycles. The van der Waals surface area contributed by atoms with E-state index >= 15 is 0 Å². The summed E-state index contributed by atoms with van der Waals surface area (Å²) < 4.78 is 13.1. The summed E-state index contributed by atoms with van der Waals surface area (Å²) in [5, 5.41) is 3.72. The minimum atomic E-state index is -0.358. The summed E-state index contributed by atoms with van der Waals surface area (Å²) >= 11 is 5.79. The van der Waals surface area contributed by atoms with Gasteiger partial charge in [-0.05, 0) is 54.5 Å². The van der Waals surface area contributed by atoms with Crippen LogP contribution in [0.2, 0.25) is 5.02 Å². The first-order valence-electron chi connectivity index (χ1n) is 7.36. The Hall–Kier alpha value is -1.38. The minimum Gasteiger partial charge on any atom is -0.310 e. The zero-order valence-electron chi connectivity index (χ0n) is 12.1. The summed E-state index contributed by atoms with van der Waals surface area (Å²) in [6.45, 7) is 2.92. The Morgan fingerprint density at radius 2 is 1.95 bits per heavy atom. The van der Waals surface area contributed by atoms with Crippen molar-refractivity contribution < 1.29 is 4.39 Å². The molecule has 0 amide bonds. The fraction of sp³-hybridized carbons (Fsp3) is 0.333. The van der Waals surface area contributed by atoms with Crippen molar-refractivity contribution >= 4 is 11.6 Å². The van der Waals surface area contributed by atoms with Crippen molar-refractivity contribution in [1.82, 2.24) is 5.32 Å². The van der Waals surface area contributed by atoms with Crippen LogP contribution in [0.25, 0.3) is 0 Å². The molecule has 110 valence electrons. The first kappa shape index (κ1) is 14.6. The van der Waals surface area contributed by atoms with Crippen molar-refractivity contribution in [2.75, 3.05) is 0 Å². The number of aryl methyl sites for hydroxylation is 1. The van der Waals surface area contributed by atoms with E-state index in [1.165, 1.54) is 30.0 Å². The Morgan fingerprint density at radius 1 is 1.19 bits per heavy atom. The van der Waals surface area contributed by atoms with Crippen LogP contribution in [-0.2, 0) is 6.54 Å². The van der Waals surface area contributed by atoms with Crippen molar-refractivity contribution in [2.24, 2.45) is 0 Å². The highest BCUT2D eigenvalue weighted by Gasteiger charge is 2.30. The molecule has 0 aromatic heterocycles. The second-order valence-corrected chi connectivity index (χ2v) is 6.26. The van der Waals surface area contributed by atoms with Gasteiger partial charge in [0.1, 0.15) is 5.82 Å². The predicted octanol–water partition coefficient (Wildman–Crippen LogP) is 4.82. The molecule has 0 radical (unpaired) electrons. The molecule has 0 unspecified atom stereocenters. The van der Waals surface area contributed by atoms with Gasteiger partial charge in [-0.1, -0.05) is 41.9 Å². The van der Waals surface area contributed by atoms with Gasteiger partial charge in [-0.2, -0.15) is 0 Å². The van der Waals surface area contributed by atoms with Gasteiger partial charge in [0.25, 0.3) is 0 Å². The molecular weight excluding hydrogens is 285 g/mol. The van der Waals surface area contributed by atoms with Crippen LogP contribution in [0.3, 0.4) is 0 Å². The average Bonchev–Trinajstić information content (AvgIpc) is 2.43. The van der Waals surface area contributed by atoms with Gasteiger partial charge < -0.3 is 5.32 Å². The molecule has 3 heteroatoms. The van der Waals surface area contributed by atoms with E-state index in [0.717, 1.165) is 12.1 Å². The molecule has 1 aliphatic carbocycles. The molecule has 1 aliphatic rings. The van der Waals surface area contributed by atoms with Crippen molar-refractivity contribution in [2.45, 2.75) is 38.3 Å². The first-order valence-corrected chi connectivity index (χ1v) is 7.74. The SMILES string of the molecule is Cc1ccccc1C1CC(NCc2ccc(F)c(Cl)c2)C1. The molecule has 0 bridgehead atoms. The molecule has 0 saturated heterocycles. The molecular formula is C18H19ClFN. The lowest BCUT2D eigenvalue weighted by Crippen LogP contribution is -2.39. The molecule has 1 nitrogen and oxygen atoms in total. The van der Waals surface area contributed by atoms with E-state index in [1.54, 1.807) is 12.1 Å². The van der Waals surface area contributed by atoms with Crippen molar-refractivity contribution in [3.63, 3.8) is 0 Å². The van der Waals surface area contributed by atoms with Gasteiger partial charge in [0.05, 0.1) is 5.02 Å². The van der Waals surface area contributed by atoms with E-state index in [4.69, 9.17) is 11.6 Å². The highest BCUT2D eigenvalue weighted by molar-refractivity contribution is 6.30. The fourth-order valence-electron chi connectivity index (χ4n) is 3.00. The number of benzene rings is 2. The number of hydrogen-bond acceptors (Lipinski definition) is 1. The van der Waals surface area contributed by atoms with Gasteiger partial charge in [0, 0.05) is 12.6 Å². The van der Waals surface area contributed by atoms with E-state index < -0.39 is 0 Å². The zero-order valence-corrected chi connectivity index (χ0v) is 12.8. The molecule has 3 rings (SSSR count). The van der Waals surface area contributed by atoms with Crippen LogP contribution in [0.15, 0.2) is 42.5 Å². The molecule has 2 aromatic carbocycles. The summed E-state index contributed by atoms with van der Waals surface area (Å²) in [4.78, 5) is 0. The topological polar surface area (TPSA) is 12.0 Å². The van der Waals surface area contributed by atoms with Crippen LogP contribution in [0.1, 0.15) is 35.4 Å². The third-order valence-corrected chi connectivity index (χ3v) is 4.63. The summed E-state index contributed by atoms with van der Waals surface area (Å²) in [5.74, 6) is 0.309. The Balaban J connectivity index is 1.51. The van der Waals surface area contributed by atoms with Gasteiger partial charge in [0.15, 0.2) is 0 Å². The van der Waals surface area contributed by atoms with E-state index in [-0.39, 0.29) is 10.8 Å². The zero-order chi connectivity index (χ0) is 14.8. The lowest BCUT2D eigenvalue weighted by atomic mass is 9.74. The highest BCUT2D eigenvalue weighted by Crippen LogP contribution is 2.38. The average molecular weight is 304 g/mol. The molecule has 1 saturated carbocycles. The molecule has 0 spiro atoms. The molecule has 1 N–H and O–H groups in total. The number of rotatable bonds is 4. The van der Waals surface area contributed by atoms with Crippen LogP contribution in [0.4, 0.5) is 4.39 Å². The molecule has 1 fully saturated rings. The Kier molecular flexibility index (Phi) is 4.27. The number of halogens is 2. The normalized spacial score (nSPS) is 21.1. The molecule has 0 heterocycles. The molecule has 0 atom stereocenters. The number of hydrogen-bond donors (Lipinski definition) is 1. The second-order valence-electron chi connectivity index (χ2n) is 5.85. The smallest absolute Gasteiger partial charge is 0.141 e. The Labute approximate surface area is 130 Å². The Morgan fingerprint density at radius 3 is 2.67 bits per heavy atom. The van der Waals surface area contributed by atoms with E-state index in [2.05, 4.69) is 36.5 Å². The van der Waals surface area contributed by atoms with Gasteiger partial charge in [-0.25, -0.2) is 4.39 Å². The number of nitrogens with one attached hydrogen (secondary N) is 1. The van der Waals surface area contributed by atoms with Crippen LogP contribution < -0.4 is 5.32 Å². The summed E-state index contributed by atoms with van der Waals surface area (Å²) in [5.41, 5.74) is 3.88. The standard InChI is InChI=1S/C18H19ClFN/c1-12-4-2-3-5-16(12)14-9-15(10-14)21-11-13-6-7-18(20)17(19)8-13/h2-8,14-15,21H,9-11H2,1H3. The summed E-state index contributed by atoms with van der Waals surface area (Å²) in [6.07, 6.45) is 2.33. The maximum atomic E-state index is 13.1. The second kappa shape index (κ2) is 6.17. The van der Waals surface area contributed by atoms with E-state index in [0.29, 0.717) is 12.0 Å². The first-order chi connectivity index (χ1) is 10.1. The van der Waals surface area contributed by atoms with Gasteiger partial charge in [0.2, 0.25) is 0 Å². The van der Waals surface area contributed by atoms with Crippen molar-refractivity contribution in [3.8, 4) is 0 Å². The predicted molar refractivity (Wildman–Crippen MR) is 85.2 cm³/mol. The largest absolute Gasteiger partial charge is 0.310 e. The van der Waals surface area contributed by atoms with E-state index in [1.807, 2.05) is 0 Å². The minimum absolute atomic E-state index is 0.195. The third-order valence-electron chi connectivity index (χ3n) is 4.35. The highest BCUT2D eigenvalue weighted by atomic mass is 35.5. The maximum absolute atomic E-state index is 13.1. The summed E-state index contributed by atoms with van der Waals surface area (Å²) in [7, 11) is 0. The lowest BCUT2D eigenvalue weighted by Gasteiger charge is -2.37. The van der Waals surface area contributed by atoms with Crippen LogP contribution in [0, 0.1) is 12.7 Å². The van der Waals surface area contributed by atoms with Gasteiger partial charge >= 0.3 is 0 Å². The van der Waals surface area contributed by atoms with Crippen molar-refractivity contribution in [1.29, 1.82) is 0 Å². The van der Waals surface area contributed by atoms with Crippen LogP contribution in [0.5, 0.6) is 0 Å². The maximum Gasteiger partial charge on any atom is 0.141 e. The fourth-order valence-corrected chi connectivity index (χ4v) is 3.20. The molecule has 2 aromatic rings. The van der Waals surface area contributed by atoms with E-state index in [9.17, 15) is 4.39 Å². The van der Waals surface area contributed by atoms with Crippen molar-refractivity contribution in [3.05, 3.63) is 70.0 Å². The molecule has 21 heavy (non-hydrogen) atoms. The summed E-state index contributed by atoms with van der Waals surface area (Å²) in [6, 6.07) is 14.1. The quantitative estimate of drug-likeness (QED) is 0.853. The third kappa shape index (κ3) is 3.28. The van der Waals surface area contributed by atoms with Gasteiger partial charge in [-0.3, -0.25) is 0 Å². The van der Waals surface area contributed by atoms with Crippen LogP contribution in [-0.4, -0.2) is 6.04 Å². The Bertz CT molecular complexity index is 635.